The van der Waals surface area contributed by atoms with Gasteiger partial charge in [-0.3, -0.25) is 4.98 Å². The van der Waals surface area contributed by atoms with Crippen LogP contribution in [0.5, 0.6) is 5.88 Å². The van der Waals surface area contributed by atoms with E-state index in [2.05, 4.69) is 15.0 Å². The van der Waals surface area contributed by atoms with Gasteiger partial charge in [0.15, 0.2) is 5.82 Å². The second-order valence-corrected chi connectivity index (χ2v) is 5.59. The van der Waals surface area contributed by atoms with Crippen LogP contribution in [0.1, 0.15) is 11.3 Å². The standard InChI is InChI=1S/C17H14F2N4O/c1-24-17-12-8-23(5-3-14(12)21-9-22-17)15-2-4-20-16-11(15)6-10(18)7-13(16)19/h2,4,6-7,9H,3,5,8H2,1H3. The molecule has 0 aliphatic carbocycles. The van der Waals surface area contributed by atoms with Crippen molar-refractivity contribution in [2.75, 3.05) is 18.6 Å². The highest BCUT2D eigenvalue weighted by atomic mass is 19.1. The number of anilines is 1. The molecule has 0 saturated heterocycles. The summed E-state index contributed by atoms with van der Waals surface area (Å²) in [6.07, 6.45) is 3.72. The Labute approximate surface area is 136 Å². The molecule has 0 bridgehead atoms. The Hall–Kier alpha value is -2.83. The summed E-state index contributed by atoms with van der Waals surface area (Å²) in [6, 6.07) is 3.93. The first kappa shape index (κ1) is 14.7. The average molecular weight is 328 g/mol. The van der Waals surface area contributed by atoms with Crippen molar-refractivity contribution in [2.24, 2.45) is 0 Å². The van der Waals surface area contributed by atoms with Gasteiger partial charge in [0.05, 0.1) is 24.9 Å². The van der Waals surface area contributed by atoms with E-state index >= 15 is 0 Å². The molecule has 0 N–H and O–H groups in total. The largest absolute Gasteiger partial charge is 0.481 e. The van der Waals surface area contributed by atoms with Gasteiger partial charge in [-0.15, -0.1) is 0 Å². The highest BCUT2D eigenvalue weighted by Gasteiger charge is 2.23. The number of rotatable bonds is 2. The number of hydrogen-bond donors (Lipinski definition) is 0. The van der Waals surface area contributed by atoms with Crippen LogP contribution in [-0.2, 0) is 13.0 Å². The van der Waals surface area contributed by atoms with Crippen LogP contribution in [0.3, 0.4) is 0 Å². The highest BCUT2D eigenvalue weighted by molar-refractivity contribution is 5.92. The molecule has 5 nitrogen and oxygen atoms in total. The van der Waals surface area contributed by atoms with Crippen molar-refractivity contribution in [1.82, 2.24) is 15.0 Å². The van der Waals surface area contributed by atoms with Crippen LogP contribution in [0.4, 0.5) is 14.5 Å². The van der Waals surface area contributed by atoms with Crippen molar-refractivity contribution in [3.8, 4) is 5.88 Å². The molecule has 4 rings (SSSR count). The highest BCUT2D eigenvalue weighted by Crippen LogP contribution is 2.33. The van der Waals surface area contributed by atoms with Gasteiger partial charge in [0.25, 0.3) is 0 Å². The molecule has 2 aromatic heterocycles. The maximum absolute atomic E-state index is 14.0. The quantitative estimate of drug-likeness (QED) is 0.724. The number of benzene rings is 1. The van der Waals surface area contributed by atoms with E-state index in [1.165, 1.54) is 18.6 Å². The predicted molar refractivity (Wildman–Crippen MR) is 85.0 cm³/mol. The minimum atomic E-state index is -0.662. The van der Waals surface area contributed by atoms with E-state index in [1.807, 2.05) is 4.90 Å². The second-order valence-electron chi connectivity index (χ2n) is 5.59. The SMILES string of the molecule is COc1ncnc2c1CN(c1ccnc3c(F)cc(F)cc13)CC2. The van der Waals surface area contributed by atoms with Gasteiger partial charge in [-0.05, 0) is 12.1 Å². The van der Waals surface area contributed by atoms with Crippen LogP contribution < -0.4 is 9.64 Å². The van der Waals surface area contributed by atoms with Gasteiger partial charge in [-0.1, -0.05) is 0 Å². The van der Waals surface area contributed by atoms with E-state index < -0.39 is 11.6 Å². The number of nitrogens with zero attached hydrogens (tertiary/aromatic N) is 4. The Bertz CT molecular complexity index is 918. The smallest absolute Gasteiger partial charge is 0.221 e. The predicted octanol–water partition coefficient (Wildman–Crippen LogP) is 2.87. The summed E-state index contributed by atoms with van der Waals surface area (Å²) in [4.78, 5) is 14.5. The van der Waals surface area contributed by atoms with Gasteiger partial charge in [0, 0.05) is 36.3 Å². The molecule has 3 heterocycles. The van der Waals surface area contributed by atoms with Crippen LogP contribution in [0.15, 0.2) is 30.7 Å². The average Bonchev–Trinajstić information content (AvgIpc) is 2.60. The van der Waals surface area contributed by atoms with Gasteiger partial charge < -0.3 is 9.64 Å². The lowest BCUT2D eigenvalue weighted by Gasteiger charge is -2.31. The number of halogens is 2. The number of hydrogen-bond acceptors (Lipinski definition) is 5. The number of methoxy groups -OCH3 is 1. The Balaban J connectivity index is 1.82. The van der Waals surface area contributed by atoms with E-state index in [0.717, 1.165) is 23.0 Å². The molecule has 1 aliphatic rings. The van der Waals surface area contributed by atoms with E-state index in [1.54, 1.807) is 13.2 Å². The molecule has 0 saturated carbocycles. The molecule has 3 aromatic rings. The van der Waals surface area contributed by atoms with Crippen molar-refractivity contribution in [2.45, 2.75) is 13.0 Å². The lowest BCUT2D eigenvalue weighted by atomic mass is 10.0. The third-order valence-electron chi connectivity index (χ3n) is 4.24. The molecule has 1 aromatic carbocycles. The molecule has 24 heavy (non-hydrogen) atoms. The Kier molecular flexibility index (Phi) is 3.48. The summed E-state index contributed by atoms with van der Waals surface area (Å²) >= 11 is 0. The molecular formula is C17H14F2N4O. The molecule has 1 aliphatic heterocycles. The monoisotopic (exact) mass is 328 g/mol. The molecular weight excluding hydrogens is 314 g/mol. The van der Waals surface area contributed by atoms with Crippen molar-refractivity contribution in [1.29, 1.82) is 0 Å². The number of pyridine rings is 1. The topological polar surface area (TPSA) is 51.1 Å². The van der Waals surface area contributed by atoms with E-state index in [0.29, 0.717) is 30.8 Å². The first-order chi connectivity index (χ1) is 11.7. The van der Waals surface area contributed by atoms with Gasteiger partial charge >= 0.3 is 0 Å². The first-order valence-corrected chi connectivity index (χ1v) is 7.53. The van der Waals surface area contributed by atoms with Crippen LogP contribution in [0, 0.1) is 11.6 Å². The Morgan fingerprint density at radius 3 is 2.88 bits per heavy atom. The molecule has 0 amide bonds. The zero-order chi connectivity index (χ0) is 16.7. The van der Waals surface area contributed by atoms with Crippen LogP contribution in [0.2, 0.25) is 0 Å². The lowest BCUT2D eigenvalue weighted by molar-refractivity contribution is 0.387. The molecule has 7 heteroatoms. The molecule has 0 radical (unpaired) electrons. The van der Waals surface area contributed by atoms with Crippen molar-refractivity contribution in [3.05, 3.63) is 53.6 Å². The van der Waals surface area contributed by atoms with E-state index in [4.69, 9.17) is 4.74 Å². The zero-order valence-corrected chi connectivity index (χ0v) is 13.0. The molecule has 0 unspecified atom stereocenters. The van der Waals surface area contributed by atoms with Gasteiger partial charge in [0.1, 0.15) is 17.7 Å². The minimum Gasteiger partial charge on any atom is -0.481 e. The van der Waals surface area contributed by atoms with Crippen LogP contribution >= 0.6 is 0 Å². The van der Waals surface area contributed by atoms with Crippen molar-refractivity contribution >= 4 is 16.6 Å². The zero-order valence-electron chi connectivity index (χ0n) is 13.0. The second kappa shape index (κ2) is 5.67. The van der Waals surface area contributed by atoms with E-state index in [9.17, 15) is 8.78 Å². The molecule has 122 valence electrons. The van der Waals surface area contributed by atoms with Crippen LogP contribution in [0.25, 0.3) is 10.9 Å². The normalized spacial score (nSPS) is 13.9. The lowest BCUT2D eigenvalue weighted by Crippen LogP contribution is -2.31. The summed E-state index contributed by atoms with van der Waals surface area (Å²) in [5.41, 5.74) is 2.73. The van der Waals surface area contributed by atoms with Crippen molar-refractivity contribution in [3.63, 3.8) is 0 Å². The fourth-order valence-corrected chi connectivity index (χ4v) is 3.14. The van der Waals surface area contributed by atoms with Gasteiger partial charge in [-0.2, -0.15) is 0 Å². The third-order valence-corrected chi connectivity index (χ3v) is 4.24. The molecule has 0 fully saturated rings. The fraction of sp³-hybridized carbons (Fsp3) is 0.235. The maximum atomic E-state index is 14.0. The third kappa shape index (κ3) is 2.33. The van der Waals surface area contributed by atoms with Crippen molar-refractivity contribution < 1.29 is 13.5 Å². The Morgan fingerprint density at radius 2 is 2.04 bits per heavy atom. The maximum Gasteiger partial charge on any atom is 0.221 e. The number of ether oxygens (including phenoxy) is 1. The Morgan fingerprint density at radius 1 is 1.17 bits per heavy atom. The number of fused-ring (bicyclic) bond motifs is 2. The minimum absolute atomic E-state index is 0.163. The molecule has 0 spiro atoms. The summed E-state index contributed by atoms with van der Waals surface area (Å²) in [5.74, 6) is -0.752. The number of aromatic nitrogens is 3. The first-order valence-electron chi connectivity index (χ1n) is 7.53. The summed E-state index contributed by atoms with van der Waals surface area (Å²) in [6.45, 7) is 1.20. The fourth-order valence-electron chi connectivity index (χ4n) is 3.14. The van der Waals surface area contributed by atoms with Gasteiger partial charge in [0.2, 0.25) is 5.88 Å². The summed E-state index contributed by atoms with van der Waals surface area (Å²) < 4.78 is 33.0. The summed E-state index contributed by atoms with van der Waals surface area (Å²) in [7, 11) is 1.56. The molecule has 0 atom stereocenters. The summed E-state index contributed by atoms with van der Waals surface area (Å²) in [5, 5.41) is 0.453. The van der Waals surface area contributed by atoms with E-state index in [-0.39, 0.29) is 5.52 Å². The van der Waals surface area contributed by atoms with Crippen LogP contribution in [-0.4, -0.2) is 28.6 Å². The van der Waals surface area contributed by atoms with Gasteiger partial charge in [-0.25, -0.2) is 18.7 Å².